The van der Waals surface area contributed by atoms with Gasteiger partial charge in [0.15, 0.2) is 0 Å². The van der Waals surface area contributed by atoms with E-state index in [-0.39, 0.29) is 5.82 Å². The minimum Gasteiger partial charge on any atom is -0.399 e. The summed E-state index contributed by atoms with van der Waals surface area (Å²) in [5.74, 6) is -0.292. The molecule has 1 fully saturated rings. The molecule has 2 rings (SSSR count). The molecule has 1 aromatic carbocycles. The molecule has 76 valence electrons. The maximum atomic E-state index is 13.0. The Bertz CT molecular complexity index is 304. The molecular weight excluding hydrogens is 183 g/mol. The van der Waals surface area contributed by atoms with E-state index in [1.54, 1.807) is 6.07 Å². The van der Waals surface area contributed by atoms with Crippen molar-refractivity contribution in [3.05, 3.63) is 29.6 Å². The lowest BCUT2D eigenvalue weighted by molar-refractivity contribution is -0.117. The Hall–Kier alpha value is -1.13. The summed E-state index contributed by atoms with van der Waals surface area (Å²) < 4.78 is 13.0. The lowest BCUT2D eigenvalue weighted by Gasteiger charge is -2.13. The fraction of sp³-hybridized carbons (Fsp3) is 0.400. The molecule has 1 heterocycles. The van der Waals surface area contributed by atoms with Gasteiger partial charge >= 0.3 is 0 Å². The third-order valence-electron chi connectivity index (χ3n) is 2.16. The lowest BCUT2D eigenvalue weighted by Crippen LogP contribution is -2.17. The Balaban J connectivity index is 2.07. The standard InChI is InChI=1S/C10H13FN2O/c11-9-4-8(5-10(12)6-9)7-13-2-1-3-14-13/h4-6H,1-3,7,12H2. The first-order valence-corrected chi connectivity index (χ1v) is 4.67. The monoisotopic (exact) mass is 196 g/mol. The van der Waals surface area contributed by atoms with Crippen LogP contribution in [0.5, 0.6) is 0 Å². The van der Waals surface area contributed by atoms with E-state index in [9.17, 15) is 4.39 Å². The number of anilines is 1. The van der Waals surface area contributed by atoms with Crippen LogP contribution in [0.2, 0.25) is 0 Å². The van der Waals surface area contributed by atoms with Gasteiger partial charge in [-0.15, -0.1) is 0 Å². The smallest absolute Gasteiger partial charge is 0.125 e. The van der Waals surface area contributed by atoms with Gasteiger partial charge in [-0.2, -0.15) is 5.06 Å². The predicted molar refractivity (Wildman–Crippen MR) is 51.8 cm³/mol. The molecule has 1 aromatic rings. The average Bonchev–Trinajstić information content (AvgIpc) is 2.54. The van der Waals surface area contributed by atoms with Crippen molar-refractivity contribution in [2.45, 2.75) is 13.0 Å². The summed E-state index contributed by atoms with van der Waals surface area (Å²) >= 11 is 0. The van der Waals surface area contributed by atoms with Crippen molar-refractivity contribution < 1.29 is 9.23 Å². The molecule has 0 atom stereocenters. The largest absolute Gasteiger partial charge is 0.399 e. The van der Waals surface area contributed by atoms with E-state index in [0.29, 0.717) is 12.2 Å². The first-order valence-electron chi connectivity index (χ1n) is 4.67. The van der Waals surface area contributed by atoms with Crippen molar-refractivity contribution in [1.29, 1.82) is 0 Å². The number of halogens is 1. The fourth-order valence-corrected chi connectivity index (χ4v) is 1.59. The maximum Gasteiger partial charge on any atom is 0.125 e. The molecule has 0 unspecified atom stereocenters. The minimum absolute atomic E-state index is 0.292. The van der Waals surface area contributed by atoms with Gasteiger partial charge in [-0.3, -0.25) is 4.84 Å². The summed E-state index contributed by atoms with van der Waals surface area (Å²) in [6.07, 6.45) is 1.03. The van der Waals surface area contributed by atoms with Gasteiger partial charge in [0.2, 0.25) is 0 Å². The summed E-state index contributed by atoms with van der Waals surface area (Å²) in [4.78, 5) is 5.31. The van der Waals surface area contributed by atoms with Crippen molar-refractivity contribution >= 4 is 5.69 Å². The van der Waals surface area contributed by atoms with Crippen molar-refractivity contribution in [1.82, 2.24) is 5.06 Å². The molecule has 2 N–H and O–H groups in total. The predicted octanol–water partition coefficient (Wildman–Crippen LogP) is 1.55. The number of nitrogen functional groups attached to an aromatic ring is 1. The van der Waals surface area contributed by atoms with Crippen LogP contribution in [0.3, 0.4) is 0 Å². The Kier molecular flexibility index (Phi) is 2.65. The highest BCUT2D eigenvalue weighted by atomic mass is 19.1. The molecule has 0 aromatic heterocycles. The van der Waals surface area contributed by atoms with Gasteiger partial charge in [-0.1, -0.05) is 0 Å². The first-order chi connectivity index (χ1) is 6.74. The van der Waals surface area contributed by atoms with Crippen LogP contribution in [0.15, 0.2) is 18.2 Å². The zero-order valence-corrected chi connectivity index (χ0v) is 7.87. The van der Waals surface area contributed by atoms with Crippen LogP contribution in [-0.4, -0.2) is 18.2 Å². The second-order valence-electron chi connectivity index (χ2n) is 3.44. The summed E-state index contributed by atoms with van der Waals surface area (Å²) in [5, 5.41) is 1.83. The highest BCUT2D eigenvalue weighted by Crippen LogP contribution is 2.15. The Morgan fingerprint density at radius 2 is 2.29 bits per heavy atom. The number of nitrogens with zero attached hydrogens (tertiary/aromatic N) is 1. The third-order valence-corrected chi connectivity index (χ3v) is 2.16. The molecule has 0 amide bonds. The van der Waals surface area contributed by atoms with Gasteiger partial charge in [-0.25, -0.2) is 4.39 Å². The summed E-state index contributed by atoms with van der Waals surface area (Å²) in [7, 11) is 0. The number of hydrogen-bond donors (Lipinski definition) is 1. The van der Waals surface area contributed by atoms with Gasteiger partial charge in [0, 0.05) is 18.8 Å². The summed E-state index contributed by atoms with van der Waals surface area (Å²) in [5.41, 5.74) is 6.84. The summed E-state index contributed by atoms with van der Waals surface area (Å²) in [6.45, 7) is 2.25. The molecule has 0 aliphatic carbocycles. The zero-order valence-electron chi connectivity index (χ0n) is 7.87. The second kappa shape index (κ2) is 3.94. The second-order valence-corrected chi connectivity index (χ2v) is 3.44. The van der Waals surface area contributed by atoms with E-state index < -0.39 is 0 Å². The van der Waals surface area contributed by atoms with Gasteiger partial charge in [0.1, 0.15) is 5.82 Å². The van der Waals surface area contributed by atoms with Crippen LogP contribution < -0.4 is 5.73 Å². The van der Waals surface area contributed by atoms with Gasteiger partial charge in [0.25, 0.3) is 0 Å². The molecule has 4 heteroatoms. The first kappa shape index (κ1) is 9.43. The van der Waals surface area contributed by atoms with E-state index in [2.05, 4.69) is 0 Å². The molecular formula is C10H13FN2O. The van der Waals surface area contributed by atoms with Crippen LogP contribution in [-0.2, 0) is 11.4 Å². The number of hydroxylamine groups is 2. The maximum absolute atomic E-state index is 13.0. The van der Waals surface area contributed by atoms with Gasteiger partial charge in [-0.05, 0) is 30.2 Å². The molecule has 1 aliphatic heterocycles. The molecule has 0 saturated carbocycles. The quantitative estimate of drug-likeness (QED) is 0.729. The fourth-order valence-electron chi connectivity index (χ4n) is 1.59. The van der Waals surface area contributed by atoms with Crippen molar-refractivity contribution in [3.8, 4) is 0 Å². The van der Waals surface area contributed by atoms with Crippen LogP contribution >= 0.6 is 0 Å². The van der Waals surface area contributed by atoms with Crippen molar-refractivity contribution in [2.24, 2.45) is 0 Å². The molecule has 3 nitrogen and oxygen atoms in total. The number of nitrogens with two attached hydrogens (primary N) is 1. The molecule has 14 heavy (non-hydrogen) atoms. The minimum atomic E-state index is -0.292. The van der Waals surface area contributed by atoms with E-state index >= 15 is 0 Å². The van der Waals surface area contributed by atoms with Crippen LogP contribution in [0.4, 0.5) is 10.1 Å². The lowest BCUT2D eigenvalue weighted by atomic mass is 10.2. The highest BCUT2D eigenvalue weighted by Gasteiger charge is 2.13. The van der Waals surface area contributed by atoms with Crippen LogP contribution in [0.1, 0.15) is 12.0 Å². The highest BCUT2D eigenvalue weighted by molar-refractivity contribution is 5.41. The SMILES string of the molecule is Nc1cc(F)cc(CN2CCCO2)c1. The van der Waals surface area contributed by atoms with Gasteiger partial charge < -0.3 is 5.73 Å². The zero-order chi connectivity index (χ0) is 9.97. The molecule has 1 aliphatic rings. The van der Waals surface area contributed by atoms with Crippen molar-refractivity contribution in [2.75, 3.05) is 18.9 Å². The number of hydrogen-bond acceptors (Lipinski definition) is 3. The van der Waals surface area contributed by atoms with Crippen LogP contribution in [0, 0.1) is 5.82 Å². The Labute approximate surface area is 82.2 Å². The number of benzene rings is 1. The Morgan fingerprint density at radius 1 is 1.43 bits per heavy atom. The third kappa shape index (κ3) is 2.21. The normalized spacial score (nSPS) is 17.5. The van der Waals surface area contributed by atoms with E-state index in [0.717, 1.165) is 25.1 Å². The van der Waals surface area contributed by atoms with Crippen LogP contribution in [0.25, 0.3) is 0 Å². The molecule has 0 spiro atoms. The molecule has 0 radical (unpaired) electrons. The van der Waals surface area contributed by atoms with E-state index in [1.807, 2.05) is 5.06 Å². The van der Waals surface area contributed by atoms with Gasteiger partial charge in [0.05, 0.1) is 6.61 Å². The number of rotatable bonds is 2. The van der Waals surface area contributed by atoms with E-state index in [1.165, 1.54) is 12.1 Å². The molecule has 1 saturated heterocycles. The Morgan fingerprint density at radius 3 is 2.93 bits per heavy atom. The topological polar surface area (TPSA) is 38.5 Å². The molecule has 0 bridgehead atoms. The average molecular weight is 196 g/mol. The van der Waals surface area contributed by atoms with E-state index in [4.69, 9.17) is 10.6 Å². The van der Waals surface area contributed by atoms with Crippen molar-refractivity contribution in [3.63, 3.8) is 0 Å². The summed E-state index contributed by atoms with van der Waals surface area (Å²) in [6, 6.07) is 4.57.